The maximum absolute atomic E-state index is 13.1. The predicted molar refractivity (Wildman–Crippen MR) is 171 cm³/mol. The summed E-state index contributed by atoms with van der Waals surface area (Å²) < 4.78 is 12.0. The van der Waals surface area contributed by atoms with Gasteiger partial charge in [-0.1, -0.05) is 66.2 Å². The number of methoxy groups -OCH3 is 1. The lowest BCUT2D eigenvalue weighted by atomic mass is 9.77. The Hall–Kier alpha value is -1.05. The Morgan fingerprint density at radius 1 is 1.05 bits per heavy atom. The normalized spacial score (nSPS) is 35.7. The zero-order chi connectivity index (χ0) is 31.9. The second kappa shape index (κ2) is 16.3. The molecule has 244 valence electrons. The Balaban J connectivity index is 1.90. The van der Waals surface area contributed by atoms with Crippen LogP contribution in [0, 0.1) is 47.3 Å². The molecule has 6 nitrogen and oxygen atoms in total. The van der Waals surface area contributed by atoms with E-state index in [1.165, 1.54) is 5.57 Å². The van der Waals surface area contributed by atoms with E-state index < -0.39 is 11.9 Å². The van der Waals surface area contributed by atoms with Gasteiger partial charge in [0, 0.05) is 31.3 Å². The van der Waals surface area contributed by atoms with Crippen molar-refractivity contribution >= 4 is 5.78 Å². The van der Waals surface area contributed by atoms with Gasteiger partial charge in [-0.15, -0.1) is 0 Å². The maximum atomic E-state index is 13.1. The number of carbonyl (C=O) groups is 1. The van der Waals surface area contributed by atoms with E-state index in [1.807, 2.05) is 13.8 Å². The van der Waals surface area contributed by atoms with Crippen LogP contribution in [0.3, 0.4) is 0 Å². The molecule has 3 N–H and O–H groups in total. The SMILES string of the molecule is CO[C@H](/C(C)=C/[C@@H]1CC[C@@H](O)[C@H](C)C1)[C@H](C)[C@@H](O)CC(=O)[C@H](C)/C=C(\C)C[C@H](C)C[C@H](C)[C@H]1O[C@](C)(O)[C@H](C)C[C@@H]1C. The van der Waals surface area contributed by atoms with Gasteiger partial charge >= 0.3 is 0 Å². The average molecular weight is 593 g/mol. The smallest absolute Gasteiger partial charge is 0.165 e. The van der Waals surface area contributed by atoms with Gasteiger partial charge in [-0.05, 0) is 94.5 Å². The summed E-state index contributed by atoms with van der Waals surface area (Å²) in [6, 6.07) is 0. The summed E-state index contributed by atoms with van der Waals surface area (Å²) >= 11 is 0. The third-order valence-electron chi connectivity index (χ3n) is 10.5. The standard InChI is InChI=1S/C36H64O6/c1-21(14-22(2)16-25(5)34-26(6)17-28(8)36(10,40)42-34)15-23(3)32(38)20-33(39)29(9)35(41-11)27(7)19-30-12-13-31(37)24(4)18-30/h15,19,22-26,28-31,33-35,37,39-40H,12-14,16-18,20H2,1-11H3/b21-15+,27-19+/t22-,23+,24+,25-,26-,28+,29+,30+,31+,33-,34+,35+,36-/m0/s1. The molecule has 0 aromatic carbocycles. The molecule has 6 heteroatoms. The van der Waals surface area contributed by atoms with Crippen molar-refractivity contribution in [1.82, 2.24) is 0 Å². The largest absolute Gasteiger partial charge is 0.393 e. The van der Waals surface area contributed by atoms with E-state index in [-0.39, 0.29) is 54.2 Å². The maximum Gasteiger partial charge on any atom is 0.165 e. The molecule has 0 amide bonds. The number of aliphatic hydroxyl groups excluding tert-OH is 2. The summed E-state index contributed by atoms with van der Waals surface area (Å²) in [6.07, 6.45) is 8.81. The zero-order valence-electron chi connectivity index (χ0n) is 28.6. The van der Waals surface area contributed by atoms with E-state index in [2.05, 4.69) is 60.6 Å². The molecule has 1 saturated heterocycles. The van der Waals surface area contributed by atoms with Crippen LogP contribution in [0.2, 0.25) is 0 Å². The Labute approximate surface area is 257 Å². The summed E-state index contributed by atoms with van der Waals surface area (Å²) in [6.45, 7) is 20.7. The molecule has 0 spiro atoms. The zero-order valence-corrected chi connectivity index (χ0v) is 28.6. The Morgan fingerprint density at radius 3 is 2.29 bits per heavy atom. The minimum Gasteiger partial charge on any atom is -0.393 e. The highest BCUT2D eigenvalue weighted by Gasteiger charge is 2.42. The van der Waals surface area contributed by atoms with Gasteiger partial charge in [0.15, 0.2) is 5.79 Å². The number of ketones is 1. The number of rotatable bonds is 14. The molecule has 1 heterocycles. The van der Waals surface area contributed by atoms with Crippen molar-refractivity contribution in [2.75, 3.05) is 7.11 Å². The Bertz CT molecular complexity index is 909. The average Bonchev–Trinajstić information content (AvgIpc) is 2.88. The van der Waals surface area contributed by atoms with Gasteiger partial charge in [-0.25, -0.2) is 0 Å². The monoisotopic (exact) mass is 592 g/mol. The van der Waals surface area contributed by atoms with Crippen LogP contribution in [-0.4, -0.2) is 58.4 Å². The highest BCUT2D eigenvalue weighted by molar-refractivity contribution is 5.82. The van der Waals surface area contributed by atoms with Crippen molar-refractivity contribution < 1.29 is 29.6 Å². The number of hydrogen-bond acceptors (Lipinski definition) is 6. The van der Waals surface area contributed by atoms with Gasteiger partial charge in [0.2, 0.25) is 0 Å². The third kappa shape index (κ3) is 10.5. The molecule has 0 aromatic rings. The van der Waals surface area contributed by atoms with Crippen molar-refractivity contribution in [1.29, 1.82) is 0 Å². The molecule has 0 unspecified atom stereocenters. The van der Waals surface area contributed by atoms with E-state index in [9.17, 15) is 20.1 Å². The van der Waals surface area contributed by atoms with E-state index in [4.69, 9.17) is 9.47 Å². The Kier molecular flexibility index (Phi) is 14.4. The van der Waals surface area contributed by atoms with Crippen LogP contribution < -0.4 is 0 Å². The van der Waals surface area contributed by atoms with Crippen LogP contribution in [0.1, 0.15) is 114 Å². The number of hydrogen-bond donors (Lipinski definition) is 3. The fourth-order valence-corrected chi connectivity index (χ4v) is 7.72. The molecular weight excluding hydrogens is 528 g/mol. The van der Waals surface area contributed by atoms with Crippen LogP contribution >= 0.6 is 0 Å². The van der Waals surface area contributed by atoms with Gasteiger partial charge in [0.05, 0.1) is 24.4 Å². The predicted octanol–water partition coefficient (Wildman–Crippen LogP) is 7.11. The first kappa shape index (κ1) is 37.1. The fourth-order valence-electron chi connectivity index (χ4n) is 7.72. The highest BCUT2D eigenvalue weighted by atomic mass is 16.6. The topological polar surface area (TPSA) is 96.2 Å². The lowest BCUT2D eigenvalue weighted by Gasteiger charge is -2.45. The number of allylic oxidation sites excluding steroid dienone is 3. The molecular formula is C36H64O6. The molecule has 2 aliphatic rings. The number of carbonyl (C=O) groups excluding carboxylic acids is 1. The molecule has 1 aliphatic carbocycles. The first-order chi connectivity index (χ1) is 19.5. The number of Topliss-reactive ketones (excluding diaryl/α,β-unsaturated/α-hetero) is 1. The lowest BCUT2D eigenvalue weighted by molar-refractivity contribution is -0.291. The third-order valence-corrected chi connectivity index (χ3v) is 10.5. The lowest BCUT2D eigenvalue weighted by Crippen LogP contribution is -2.50. The van der Waals surface area contributed by atoms with Crippen LogP contribution in [0.4, 0.5) is 0 Å². The molecule has 1 aliphatic heterocycles. The molecule has 13 atom stereocenters. The molecule has 2 rings (SSSR count). The van der Waals surface area contributed by atoms with Crippen molar-refractivity contribution in [3.63, 3.8) is 0 Å². The van der Waals surface area contributed by atoms with Crippen molar-refractivity contribution in [3.05, 3.63) is 23.3 Å². The van der Waals surface area contributed by atoms with E-state index in [1.54, 1.807) is 14.0 Å². The first-order valence-electron chi connectivity index (χ1n) is 16.6. The number of ether oxygens (including phenoxy) is 2. The summed E-state index contributed by atoms with van der Waals surface area (Å²) in [7, 11) is 1.67. The summed E-state index contributed by atoms with van der Waals surface area (Å²) in [5, 5.41) is 31.8. The molecule has 42 heavy (non-hydrogen) atoms. The summed E-state index contributed by atoms with van der Waals surface area (Å²) in [4.78, 5) is 13.1. The van der Waals surface area contributed by atoms with Crippen molar-refractivity contribution in [2.45, 2.75) is 144 Å². The Morgan fingerprint density at radius 2 is 1.69 bits per heavy atom. The minimum absolute atomic E-state index is 0.0421. The molecule has 2 fully saturated rings. The fraction of sp³-hybridized carbons (Fsp3) is 0.861. The van der Waals surface area contributed by atoms with Crippen molar-refractivity contribution in [2.24, 2.45) is 47.3 Å². The molecule has 0 bridgehead atoms. The molecule has 0 aromatic heterocycles. The van der Waals surface area contributed by atoms with Gasteiger partial charge in [-0.3, -0.25) is 4.79 Å². The minimum atomic E-state index is -1.07. The van der Waals surface area contributed by atoms with Crippen LogP contribution in [-0.2, 0) is 14.3 Å². The van der Waals surface area contributed by atoms with Crippen LogP contribution in [0.15, 0.2) is 23.3 Å². The van der Waals surface area contributed by atoms with E-state index in [0.717, 1.165) is 44.1 Å². The second-order valence-corrected chi connectivity index (χ2v) is 14.9. The highest BCUT2D eigenvalue weighted by Crippen LogP contribution is 2.40. The number of aliphatic hydroxyl groups is 3. The van der Waals surface area contributed by atoms with Gasteiger partial charge in [-0.2, -0.15) is 0 Å². The van der Waals surface area contributed by atoms with E-state index in [0.29, 0.717) is 23.7 Å². The molecule has 1 saturated carbocycles. The second-order valence-electron chi connectivity index (χ2n) is 14.9. The molecule has 0 radical (unpaired) electrons. The summed E-state index contributed by atoms with van der Waals surface area (Å²) in [5.41, 5.74) is 2.28. The van der Waals surface area contributed by atoms with Crippen LogP contribution in [0.25, 0.3) is 0 Å². The first-order valence-corrected chi connectivity index (χ1v) is 16.6. The quantitative estimate of drug-likeness (QED) is 0.186. The van der Waals surface area contributed by atoms with Crippen molar-refractivity contribution in [3.8, 4) is 0 Å². The van der Waals surface area contributed by atoms with E-state index >= 15 is 0 Å². The van der Waals surface area contributed by atoms with Gasteiger partial charge < -0.3 is 24.8 Å². The van der Waals surface area contributed by atoms with Gasteiger partial charge in [0.1, 0.15) is 5.78 Å². The summed E-state index contributed by atoms with van der Waals surface area (Å²) in [5.74, 6) is 0.484. The van der Waals surface area contributed by atoms with Gasteiger partial charge in [0.25, 0.3) is 0 Å². The van der Waals surface area contributed by atoms with Crippen LogP contribution in [0.5, 0.6) is 0 Å².